The molecule has 0 unspecified atom stereocenters. The summed E-state index contributed by atoms with van der Waals surface area (Å²) in [5.74, 6) is 1.76. The zero-order chi connectivity index (χ0) is 13.3. The van der Waals surface area contributed by atoms with Gasteiger partial charge in [0.15, 0.2) is 0 Å². The van der Waals surface area contributed by atoms with Crippen molar-refractivity contribution in [2.24, 2.45) is 7.05 Å². The molecule has 0 radical (unpaired) electrons. The van der Waals surface area contributed by atoms with Gasteiger partial charge in [-0.2, -0.15) is 5.10 Å². The Kier molecular flexibility index (Phi) is 3.34. The van der Waals surface area contributed by atoms with E-state index in [2.05, 4.69) is 5.10 Å². The van der Waals surface area contributed by atoms with Crippen LogP contribution in [0.4, 0.5) is 5.82 Å². The highest BCUT2D eigenvalue weighted by Gasteiger charge is 2.14. The van der Waals surface area contributed by atoms with Gasteiger partial charge in [-0.05, 0) is 6.07 Å². The van der Waals surface area contributed by atoms with Crippen LogP contribution in [0.5, 0.6) is 11.5 Å². The molecular formula is C12H14ClN3O2. The Bertz CT molecular complexity index is 561. The Labute approximate surface area is 110 Å². The van der Waals surface area contributed by atoms with Gasteiger partial charge in [0, 0.05) is 24.7 Å². The normalized spacial score (nSPS) is 10.4. The van der Waals surface area contributed by atoms with Gasteiger partial charge in [0.1, 0.15) is 17.3 Å². The fraction of sp³-hybridized carbons (Fsp3) is 0.250. The summed E-state index contributed by atoms with van der Waals surface area (Å²) in [6.45, 7) is 0. The predicted molar refractivity (Wildman–Crippen MR) is 71.2 cm³/mol. The van der Waals surface area contributed by atoms with Crippen LogP contribution < -0.4 is 15.2 Å². The van der Waals surface area contributed by atoms with Gasteiger partial charge in [-0.1, -0.05) is 11.6 Å². The van der Waals surface area contributed by atoms with Crippen molar-refractivity contribution in [1.82, 2.24) is 9.78 Å². The molecule has 0 amide bonds. The molecule has 2 aromatic rings. The van der Waals surface area contributed by atoms with Crippen LogP contribution in [-0.2, 0) is 7.05 Å². The number of anilines is 1. The molecule has 0 bridgehead atoms. The molecule has 0 saturated heterocycles. The lowest BCUT2D eigenvalue weighted by atomic mass is 10.1. The van der Waals surface area contributed by atoms with E-state index in [9.17, 15) is 0 Å². The summed E-state index contributed by atoms with van der Waals surface area (Å²) in [5, 5.41) is 4.80. The molecule has 0 aliphatic carbocycles. The van der Waals surface area contributed by atoms with Crippen LogP contribution in [0.3, 0.4) is 0 Å². The average Bonchev–Trinajstić information content (AvgIpc) is 2.69. The SMILES string of the molecule is COc1cc(-c2cc(N)n(C)n2)c(OC)cc1Cl. The summed E-state index contributed by atoms with van der Waals surface area (Å²) in [5.41, 5.74) is 7.27. The van der Waals surface area contributed by atoms with E-state index in [-0.39, 0.29) is 0 Å². The zero-order valence-electron chi connectivity index (χ0n) is 10.4. The molecule has 96 valence electrons. The third-order valence-electron chi connectivity index (χ3n) is 2.67. The molecule has 0 aliphatic heterocycles. The predicted octanol–water partition coefficient (Wildman–Crippen LogP) is 2.34. The van der Waals surface area contributed by atoms with E-state index in [0.29, 0.717) is 28.0 Å². The topological polar surface area (TPSA) is 62.3 Å². The summed E-state index contributed by atoms with van der Waals surface area (Å²) in [6, 6.07) is 5.24. The Hall–Kier alpha value is -1.88. The van der Waals surface area contributed by atoms with Gasteiger partial charge in [0.2, 0.25) is 0 Å². The number of aryl methyl sites for hydroxylation is 1. The second-order valence-corrected chi connectivity index (χ2v) is 4.17. The molecule has 1 aromatic carbocycles. The average molecular weight is 268 g/mol. The molecule has 0 atom stereocenters. The minimum Gasteiger partial charge on any atom is -0.496 e. The van der Waals surface area contributed by atoms with Crippen LogP contribution in [0, 0.1) is 0 Å². The standard InChI is InChI=1S/C12H14ClN3O2/c1-16-12(14)6-9(15-16)7-4-11(18-3)8(13)5-10(7)17-2/h4-6H,14H2,1-3H3. The summed E-state index contributed by atoms with van der Waals surface area (Å²) in [6.07, 6.45) is 0. The molecule has 0 aliphatic rings. The van der Waals surface area contributed by atoms with E-state index < -0.39 is 0 Å². The molecule has 18 heavy (non-hydrogen) atoms. The lowest BCUT2D eigenvalue weighted by Gasteiger charge is -2.10. The number of aromatic nitrogens is 2. The molecule has 1 heterocycles. The third kappa shape index (κ3) is 2.09. The molecule has 0 saturated carbocycles. The number of hydrogen-bond acceptors (Lipinski definition) is 4. The van der Waals surface area contributed by atoms with Crippen molar-refractivity contribution in [2.45, 2.75) is 0 Å². The van der Waals surface area contributed by atoms with Crippen LogP contribution in [0.15, 0.2) is 18.2 Å². The minimum absolute atomic E-state index is 0.488. The van der Waals surface area contributed by atoms with E-state index in [4.69, 9.17) is 26.8 Å². The summed E-state index contributed by atoms with van der Waals surface area (Å²) >= 11 is 6.05. The quantitative estimate of drug-likeness (QED) is 0.927. The molecular weight excluding hydrogens is 254 g/mol. The van der Waals surface area contributed by atoms with Gasteiger partial charge in [-0.15, -0.1) is 0 Å². The van der Waals surface area contributed by atoms with E-state index >= 15 is 0 Å². The second kappa shape index (κ2) is 4.78. The zero-order valence-corrected chi connectivity index (χ0v) is 11.2. The number of nitrogen functional groups attached to an aromatic ring is 1. The first kappa shape index (κ1) is 12.6. The number of ether oxygens (including phenoxy) is 2. The molecule has 0 fully saturated rings. The highest BCUT2D eigenvalue weighted by molar-refractivity contribution is 6.32. The number of nitrogens with zero attached hydrogens (tertiary/aromatic N) is 2. The van der Waals surface area contributed by atoms with Crippen molar-refractivity contribution in [3.05, 3.63) is 23.2 Å². The van der Waals surface area contributed by atoms with E-state index in [1.54, 1.807) is 44.1 Å². The summed E-state index contributed by atoms with van der Waals surface area (Å²) in [4.78, 5) is 0. The van der Waals surface area contributed by atoms with Crippen LogP contribution >= 0.6 is 11.6 Å². The lowest BCUT2D eigenvalue weighted by Crippen LogP contribution is -1.97. The maximum absolute atomic E-state index is 6.05. The minimum atomic E-state index is 0.488. The first-order valence-electron chi connectivity index (χ1n) is 5.28. The molecule has 6 heteroatoms. The maximum atomic E-state index is 6.05. The van der Waals surface area contributed by atoms with Gasteiger partial charge in [-0.25, -0.2) is 0 Å². The Morgan fingerprint density at radius 3 is 2.33 bits per heavy atom. The first-order chi connectivity index (χ1) is 8.56. The molecule has 0 spiro atoms. The van der Waals surface area contributed by atoms with E-state index in [1.165, 1.54) is 0 Å². The number of hydrogen-bond donors (Lipinski definition) is 1. The summed E-state index contributed by atoms with van der Waals surface area (Å²) in [7, 11) is 4.91. The van der Waals surface area contributed by atoms with Crippen molar-refractivity contribution < 1.29 is 9.47 Å². The van der Waals surface area contributed by atoms with Gasteiger partial charge >= 0.3 is 0 Å². The number of rotatable bonds is 3. The number of benzene rings is 1. The van der Waals surface area contributed by atoms with Crippen LogP contribution in [-0.4, -0.2) is 24.0 Å². The Balaban J connectivity index is 2.61. The summed E-state index contributed by atoms with van der Waals surface area (Å²) < 4.78 is 12.1. The monoisotopic (exact) mass is 267 g/mol. The molecule has 2 rings (SSSR count). The van der Waals surface area contributed by atoms with Crippen LogP contribution in [0.25, 0.3) is 11.3 Å². The van der Waals surface area contributed by atoms with Crippen molar-refractivity contribution in [2.75, 3.05) is 20.0 Å². The number of halogens is 1. The number of nitrogens with two attached hydrogens (primary N) is 1. The van der Waals surface area contributed by atoms with Crippen molar-refractivity contribution in [3.63, 3.8) is 0 Å². The molecule has 1 aromatic heterocycles. The van der Waals surface area contributed by atoms with Gasteiger partial charge in [0.05, 0.1) is 24.9 Å². The van der Waals surface area contributed by atoms with Crippen molar-refractivity contribution >= 4 is 17.4 Å². The maximum Gasteiger partial charge on any atom is 0.138 e. The third-order valence-corrected chi connectivity index (χ3v) is 2.96. The highest BCUT2D eigenvalue weighted by Crippen LogP contribution is 2.38. The first-order valence-corrected chi connectivity index (χ1v) is 5.66. The lowest BCUT2D eigenvalue weighted by molar-refractivity contribution is 0.404. The Morgan fingerprint density at radius 2 is 1.83 bits per heavy atom. The van der Waals surface area contributed by atoms with Crippen molar-refractivity contribution in [1.29, 1.82) is 0 Å². The second-order valence-electron chi connectivity index (χ2n) is 3.77. The molecule has 2 N–H and O–H groups in total. The van der Waals surface area contributed by atoms with E-state index in [0.717, 1.165) is 5.56 Å². The largest absolute Gasteiger partial charge is 0.496 e. The van der Waals surface area contributed by atoms with Gasteiger partial charge in [0.25, 0.3) is 0 Å². The fourth-order valence-corrected chi connectivity index (χ4v) is 1.90. The molecule has 5 nitrogen and oxygen atoms in total. The Morgan fingerprint density at radius 1 is 1.17 bits per heavy atom. The smallest absolute Gasteiger partial charge is 0.138 e. The van der Waals surface area contributed by atoms with Crippen LogP contribution in [0.1, 0.15) is 0 Å². The number of methoxy groups -OCH3 is 2. The van der Waals surface area contributed by atoms with Crippen LogP contribution in [0.2, 0.25) is 5.02 Å². The highest BCUT2D eigenvalue weighted by atomic mass is 35.5. The van der Waals surface area contributed by atoms with E-state index in [1.807, 2.05) is 0 Å². The van der Waals surface area contributed by atoms with Gasteiger partial charge < -0.3 is 15.2 Å². The fourth-order valence-electron chi connectivity index (χ4n) is 1.67. The van der Waals surface area contributed by atoms with Gasteiger partial charge in [-0.3, -0.25) is 4.68 Å². The van der Waals surface area contributed by atoms with Crippen molar-refractivity contribution in [3.8, 4) is 22.8 Å².